The number of benzene rings is 1. The van der Waals surface area contributed by atoms with Gasteiger partial charge in [-0.05, 0) is 23.8 Å². The van der Waals surface area contributed by atoms with E-state index < -0.39 is 11.6 Å². The fraction of sp³-hybridized carbons (Fsp3) is 0.533. The van der Waals surface area contributed by atoms with E-state index >= 15 is 0 Å². The highest BCUT2D eigenvalue weighted by Crippen LogP contribution is 2.27. The molecule has 0 saturated carbocycles. The monoisotopic (exact) mass is 284 g/mol. The lowest BCUT2D eigenvalue weighted by Gasteiger charge is -2.22. The predicted molar refractivity (Wildman–Crippen MR) is 77.3 cm³/mol. The predicted octanol–water partition coefficient (Wildman–Crippen LogP) is 3.95. The van der Waals surface area contributed by atoms with Gasteiger partial charge in [0.2, 0.25) is 5.91 Å². The molecule has 1 aromatic rings. The van der Waals surface area contributed by atoms with Crippen LogP contribution in [0.2, 0.25) is 0 Å². The van der Waals surface area contributed by atoms with Crippen molar-refractivity contribution in [1.29, 1.82) is 0 Å². The summed E-state index contributed by atoms with van der Waals surface area (Å²) in [4.78, 5) is 11.8. The number of rotatable bonds is 4. The van der Waals surface area contributed by atoms with Crippen LogP contribution >= 0.6 is 0 Å². The van der Waals surface area contributed by atoms with Gasteiger partial charge in [-0.15, -0.1) is 0 Å². The smallest absolute Gasteiger partial charge is 0.224 e. The fourth-order valence-corrected chi connectivity index (χ4v) is 2.30. The highest BCUT2D eigenvalue weighted by atomic mass is 19.1. The Balaban J connectivity index is 2.65. The molecule has 1 aromatic carbocycles. The van der Waals surface area contributed by atoms with E-state index in [0.29, 0.717) is 6.07 Å². The third-order valence-electron chi connectivity index (χ3n) is 2.86. The molecular weight excluding hydrogens is 262 g/mol. The molecule has 0 bridgehead atoms. The maximum absolute atomic E-state index is 13.5. The zero-order chi connectivity index (χ0) is 15.5. The molecule has 0 aromatic heterocycles. The number of nitrogens with two attached hydrogens (primary N) is 1. The molecule has 0 radical (unpaired) electrons. The van der Waals surface area contributed by atoms with E-state index in [-0.39, 0.29) is 35.0 Å². The van der Waals surface area contributed by atoms with E-state index in [0.717, 1.165) is 12.5 Å². The van der Waals surface area contributed by atoms with Gasteiger partial charge < -0.3 is 11.1 Å². The first kappa shape index (κ1) is 16.4. The van der Waals surface area contributed by atoms with E-state index in [4.69, 9.17) is 5.73 Å². The molecular formula is C15H22F2N2O. The summed E-state index contributed by atoms with van der Waals surface area (Å²) >= 11 is 0. The number of nitrogen functional groups attached to an aromatic ring is 1. The molecule has 0 aliphatic heterocycles. The van der Waals surface area contributed by atoms with Crippen molar-refractivity contribution in [3.63, 3.8) is 0 Å². The molecule has 0 fully saturated rings. The average Bonchev–Trinajstić information content (AvgIpc) is 2.22. The van der Waals surface area contributed by atoms with E-state index in [1.165, 1.54) is 0 Å². The standard InChI is InChI=1S/C15H22F2N2O/c1-9(8-15(2,3)4)5-14(20)19-13-7-12(18)10(16)6-11(13)17/h6-7,9H,5,8,18H2,1-4H3,(H,19,20). The molecule has 20 heavy (non-hydrogen) atoms. The quantitative estimate of drug-likeness (QED) is 0.823. The minimum atomic E-state index is -0.832. The Bertz CT molecular complexity index is 495. The van der Waals surface area contributed by atoms with Gasteiger partial charge in [0.25, 0.3) is 0 Å². The average molecular weight is 284 g/mol. The van der Waals surface area contributed by atoms with E-state index in [1.54, 1.807) is 0 Å². The molecule has 0 spiro atoms. The molecule has 1 rings (SSSR count). The second-order valence-corrected chi connectivity index (χ2v) is 6.48. The third-order valence-corrected chi connectivity index (χ3v) is 2.86. The lowest BCUT2D eigenvalue weighted by Crippen LogP contribution is -2.19. The summed E-state index contributed by atoms with van der Waals surface area (Å²) in [6, 6.07) is 1.76. The Labute approximate surface area is 118 Å². The lowest BCUT2D eigenvalue weighted by molar-refractivity contribution is -0.117. The van der Waals surface area contributed by atoms with Crippen molar-refractivity contribution >= 4 is 17.3 Å². The van der Waals surface area contributed by atoms with Gasteiger partial charge >= 0.3 is 0 Å². The maximum atomic E-state index is 13.5. The zero-order valence-corrected chi connectivity index (χ0v) is 12.4. The molecule has 5 heteroatoms. The normalized spacial score (nSPS) is 13.1. The topological polar surface area (TPSA) is 55.1 Å². The van der Waals surface area contributed by atoms with Gasteiger partial charge in [0, 0.05) is 12.5 Å². The minimum absolute atomic E-state index is 0.0862. The Hall–Kier alpha value is -1.65. The largest absolute Gasteiger partial charge is 0.396 e. The molecule has 3 N–H and O–H groups in total. The summed E-state index contributed by atoms with van der Waals surface area (Å²) in [7, 11) is 0. The summed E-state index contributed by atoms with van der Waals surface area (Å²) in [6.07, 6.45) is 1.17. The van der Waals surface area contributed by atoms with Gasteiger partial charge in [0.15, 0.2) is 0 Å². The van der Waals surface area contributed by atoms with E-state index in [1.807, 2.05) is 6.92 Å². The second-order valence-electron chi connectivity index (χ2n) is 6.48. The highest BCUT2D eigenvalue weighted by molar-refractivity contribution is 5.91. The summed E-state index contributed by atoms with van der Waals surface area (Å²) < 4.78 is 26.5. The van der Waals surface area contributed by atoms with Crippen molar-refractivity contribution in [2.24, 2.45) is 11.3 Å². The first-order valence-electron chi connectivity index (χ1n) is 6.63. The van der Waals surface area contributed by atoms with Crippen molar-refractivity contribution < 1.29 is 13.6 Å². The molecule has 0 aliphatic rings. The third kappa shape index (κ3) is 5.15. The van der Waals surface area contributed by atoms with Gasteiger partial charge in [0.05, 0.1) is 11.4 Å². The zero-order valence-electron chi connectivity index (χ0n) is 12.4. The van der Waals surface area contributed by atoms with Crippen molar-refractivity contribution in [3.05, 3.63) is 23.8 Å². The second kappa shape index (κ2) is 6.20. The van der Waals surface area contributed by atoms with E-state index in [2.05, 4.69) is 26.1 Å². The SMILES string of the molecule is CC(CC(=O)Nc1cc(N)c(F)cc1F)CC(C)(C)C. The summed E-state index contributed by atoms with van der Waals surface area (Å²) in [5, 5.41) is 2.43. The van der Waals surface area contributed by atoms with Crippen LogP contribution in [0.3, 0.4) is 0 Å². The minimum Gasteiger partial charge on any atom is -0.396 e. The highest BCUT2D eigenvalue weighted by Gasteiger charge is 2.18. The van der Waals surface area contributed by atoms with Gasteiger partial charge in [-0.3, -0.25) is 4.79 Å². The van der Waals surface area contributed by atoms with Crippen LogP contribution in [-0.2, 0) is 4.79 Å². The number of halogens is 2. The van der Waals surface area contributed by atoms with Crippen molar-refractivity contribution in [2.45, 2.75) is 40.5 Å². The first-order valence-corrected chi connectivity index (χ1v) is 6.63. The van der Waals surface area contributed by atoms with Crippen LogP contribution in [0.15, 0.2) is 12.1 Å². The molecule has 112 valence electrons. The molecule has 0 aliphatic carbocycles. The number of amides is 1. The number of carbonyl (C=O) groups excluding carboxylic acids is 1. The molecule has 0 heterocycles. The van der Waals surface area contributed by atoms with Crippen LogP contribution in [0.5, 0.6) is 0 Å². The van der Waals surface area contributed by atoms with Crippen LogP contribution in [0, 0.1) is 23.0 Å². The number of anilines is 2. The maximum Gasteiger partial charge on any atom is 0.224 e. The number of hydrogen-bond acceptors (Lipinski definition) is 2. The Morgan fingerprint density at radius 1 is 1.30 bits per heavy atom. The Morgan fingerprint density at radius 2 is 1.90 bits per heavy atom. The number of carbonyl (C=O) groups is 1. The van der Waals surface area contributed by atoms with E-state index in [9.17, 15) is 13.6 Å². The van der Waals surface area contributed by atoms with Crippen LogP contribution in [0.25, 0.3) is 0 Å². The van der Waals surface area contributed by atoms with Crippen LogP contribution in [0.4, 0.5) is 20.2 Å². The Kier molecular flexibility index (Phi) is 5.09. The molecule has 1 atom stereocenters. The Morgan fingerprint density at radius 3 is 2.45 bits per heavy atom. The summed E-state index contributed by atoms with van der Waals surface area (Å²) in [5.74, 6) is -1.78. The molecule has 0 saturated heterocycles. The number of hydrogen-bond donors (Lipinski definition) is 2. The fourth-order valence-electron chi connectivity index (χ4n) is 2.30. The molecule has 1 amide bonds. The van der Waals surface area contributed by atoms with Crippen LogP contribution in [0.1, 0.15) is 40.5 Å². The lowest BCUT2D eigenvalue weighted by atomic mass is 9.84. The van der Waals surface area contributed by atoms with Crippen LogP contribution in [-0.4, -0.2) is 5.91 Å². The van der Waals surface area contributed by atoms with Crippen LogP contribution < -0.4 is 11.1 Å². The number of nitrogens with one attached hydrogen (secondary N) is 1. The molecule has 3 nitrogen and oxygen atoms in total. The van der Waals surface area contributed by atoms with Crippen molar-refractivity contribution in [1.82, 2.24) is 0 Å². The first-order chi connectivity index (χ1) is 9.08. The molecule has 1 unspecified atom stereocenters. The summed E-state index contributed by atoms with van der Waals surface area (Å²) in [5.41, 5.74) is 5.21. The summed E-state index contributed by atoms with van der Waals surface area (Å²) in [6.45, 7) is 8.27. The van der Waals surface area contributed by atoms with Gasteiger partial charge in [-0.25, -0.2) is 8.78 Å². The van der Waals surface area contributed by atoms with Crippen molar-refractivity contribution in [3.8, 4) is 0 Å². The van der Waals surface area contributed by atoms with Gasteiger partial charge in [-0.2, -0.15) is 0 Å². The van der Waals surface area contributed by atoms with Gasteiger partial charge in [0.1, 0.15) is 11.6 Å². The van der Waals surface area contributed by atoms with Gasteiger partial charge in [-0.1, -0.05) is 27.7 Å². The van der Waals surface area contributed by atoms with Crippen molar-refractivity contribution in [2.75, 3.05) is 11.1 Å².